The van der Waals surface area contributed by atoms with Crippen LogP contribution in [0, 0.1) is 0 Å². The van der Waals surface area contributed by atoms with Crippen molar-refractivity contribution in [3.8, 4) is 11.5 Å². The summed E-state index contributed by atoms with van der Waals surface area (Å²) >= 11 is 0. The molecule has 24 heavy (non-hydrogen) atoms. The third-order valence-corrected chi connectivity index (χ3v) is 4.76. The number of hydrogen-bond acceptors (Lipinski definition) is 3. The zero-order chi connectivity index (χ0) is 17.4. The van der Waals surface area contributed by atoms with E-state index in [-0.39, 0.29) is 10.6 Å². The molecule has 0 aliphatic heterocycles. The normalized spacial score (nSPS) is 11.4. The summed E-state index contributed by atoms with van der Waals surface area (Å²) in [5.74, 6) is 0.766. The fourth-order valence-electron chi connectivity index (χ4n) is 2.59. The summed E-state index contributed by atoms with van der Waals surface area (Å²) in [4.78, 5) is -0.220. The number of benzene rings is 2. The molecule has 0 aromatic heterocycles. The molecule has 0 radical (unpaired) electrons. The van der Waals surface area contributed by atoms with Crippen LogP contribution in [0.2, 0.25) is 0 Å². The second-order valence-corrected chi connectivity index (χ2v) is 7.19. The smallest absolute Gasteiger partial charge is 0.298 e. The van der Waals surface area contributed by atoms with Gasteiger partial charge in [0.25, 0.3) is 10.1 Å². The van der Waals surface area contributed by atoms with E-state index < -0.39 is 10.1 Å². The van der Waals surface area contributed by atoms with Gasteiger partial charge in [-0.1, -0.05) is 62.9 Å². The van der Waals surface area contributed by atoms with Gasteiger partial charge in [0.1, 0.15) is 16.4 Å². The molecule has 0 fully saturated rings. The average molecular weight is 348 g/mol. The van der Waals surface area contributed by atoms with E-state index in [1.165, 1.54) is 31.7 Å². The molecule has 0 saturated heterocycles. The van der Waals surface area contributed by atoms with E-state index in [4.69, 9.17) is 4.74 Å². The third kappa shape index (κ3) is 5.35. The molecule has 2 aromatic carbocycles. The molecular formula is C19H24O4S. The molecule has 0 bridgehead atoms. The lowest BCUT2D eigenvalue weighted by molar-refractivity contribution is 0.445. The highest BCUT2D eigenvalue weighted by molar-refractivity contribution is 7.86. The standard InChI is InChI=1S/C19H24O4S/c1-2-3-4-5-6-11-16-12-7-8-13-17(16)23-18-14-9-10-15-19(18)24(20,21)22/h7-10,12-15H,2-6,11H2,1H3,(H,20,21,22). The van der Waals surface area contributed by atoms with E-state index in [1.807, 2.05) is 24.3 Å². The largest absolute Gasteiger partial charge is 0.456 e. The summed E-state index contributed by atoms with van der Waals surface area (Å²) in [5.41, 5.74) is 1.04. The predicted molar refractivity (Wildman–Crippen MR) is 95.2 cm³/mol. The molecule has 0 heterocycles. The summed E-state index contributed by atoms with van der Waals surface area (Å²) in [6.07, 6.45) is 6.81. The number of rotatable bonds is 9. The van der Waals surface area contributed by atoms with E-state index in [0.717, 1.165) is 18.4 Å². The zero-order valence-corrected chi connectivity index (χ0v) is 14.8. The number of hydrogen-bond donors (Lipinski definition) is 1. The molecular weight excluding hydrogens is 324 g/mol. The van der Waals surface area contributed by atoms with Crippen LogP contribution in [0.4, 0.5) is 0 Å². The van der Waals surface area contributed by atoms with Gasteiger partial charge in [0.05, 0.1) is 0 Å². The van der Waals surface area contributed by atoms with Crippen molar-refractivity contribution < 1.29 is 17.7 Å². The maximum Gasteiger partial charge on any atom is 0.298 e. The van der Waals surface area contributed by atoms with E-state index in [0.29, 0.717) is 5.75 Å². The molecule has 130 valence electrons. The molecule has 0 saturated carbocycles. The average Bonchev–Trinajstić information content (AvgIpc) is 2.56. The highest BCUT2D eigenvalue weighted by Gasteiger charge is 2.17. The van der Waals surface area contributed by atoms with Gasteiger partial charge in [-0.15, -0.1) is 0 Å². The predicted octanol–water partition coefficient (Wildman–Crippen LogP) is 5.24. The minimum absolute atomic E-state index is 0.137. The Hall–Kier alpha value is -1.85. The van der Waals surface area contributed by atoms with Crippen molar-refractivity contribution in [1.29, 1.82) is 0 Å². The lowest BCUT2D eigenvalue weighted by atomic mass is 10.0. The Labute approximate surface area is 144 Å². The van der Waals surface area contributed by atoms with Crippen LogP contribution in [0.5, 0.6) is 11.5 Å². The van der Waals surface area contributed by atoms with Crippen LogP contribution in [0.3, 0.4) is 0 Å². The van der Waals surface area contributed by atoms with Crippen LogP contribution >= 0.6 is 0 Å². The Bertz CT molecular complexity index is 753. The van der Waals surface area contributed by atoms with E-state index in [9.17, 15) is 13.0 Å². The maximum absolute atomic E-state index is 11.5. The Morgan fingerprint density at radius 1 is 0.875 bits per heavy atom. The quantitative estimate of drug-likeness (QED) is 0.497. The van der Waals surface area contributed by atoms with Gasteiger partial charge in [0.2, 0.25) is 0 Å². The Morgan fingerprint density at radius 2 is 1.50 bits per heavy atom. The van der Waals surface area contributed by atoms with Crippen molar-refractivity contribution in [2.45, 2.75) is 50.3 Å². The van der Waals surface area contributed by atoms with Crippen molar-refractivity contribution in [2.24, 2.45) is 0 Å². The minimum Gasteiger partial charge on any atom is -0.456 e. The number of unbranched alkanes of at least 4 members (excludes halogenated alkanes) is 4. The number of ether oxygens (including phenoxy) is 1. The molecule has 2 aromatic rings. The molecule has 5 heteroatoms. The van der Waals surface area contributed by atoms with Crippen molar-refractivity contribution >= 4 is 10.1 Å². The lowest BCUT2D eigenvalue weighted by Crippen LogP contribution is -2.01. The SMILES string of the molecule is CCCCCCCc1ccccc1Oc1ccccc1S(=O)(=O)O. The summed E-state index contributed by atoms with van der Waals surface area (Å²) in [5, 5.41) is 0. The molecule has 0 unspecified atom stereocenters. The second-order valence-electron chi connectivity index (χ2n) is 5.80. The van der Waals surface area contributed by atoms with Crippen LogP contribution in [0.15, 0.2) is 53.4 Å². The van der Waals surface area contributed by atoms with Crippen molar-refractivity contribution in [2.75, 3.05) is 0 Å². The van der Waals surface area contributed by atoms with Crippen LogP contribution in [-0.2, 0) is 16.5 Å². The highest BCUT2D eigenvalue weighted by Crippen LogP contribution is 2.31. The second kappa shape index (κ2) is 8.85. The summed E-state index contributed by atoms with van der Waals surface area (Å²) in [6, 6.07) is 13.7. The number of aryl methyl sites for hydroxylation is 1. The van der Waals surface area contributed by atoms with Crippen LogP contribution in [0.25, 0.3) is 0 Å². The van der Waals surface area contributed by atoms with Gasteiger partial charge in [-0.25, -0.2) is 0 Å². The van der Waals surface area contributed by atoms with Gasteiger partial charge in [-0.3, -0.25) is 4.55 Å². The van der Waals surface area contributed by atoms with Gasteiger partial charge in [-0.2, -0.15) is 8.42 Å². The van der Waals surface area contributed by atoms with Crippen molar-refractivity contribution in [3.05, 3.63) is 54.1 Å². The van der Waals surface area contributed by atoms with Gasteiger partial charge in [-0.05, 0) is 36.6 Å². The minimum atomic E-state index is -4.32. The Morgan fingerprint density at radius 3 is 2.21 bits per heavy atom. The number of para-hydroxylation sites is 2. The molecule has 0 aliphatic rings. The maximum atomic E-state index is 11.5. The molecule has 4 nitrogen and oxygen atoms in total. The summed E-state index contributed by atoms with van der Waals surface area (Å²) < 4.78 is 38.1. The van der Waals surface area contributed by atoms with Gasteiger partial charge < -0.3 is 4.74 Å². The fraction of sp³-hybridized carbons (Fsp3) is 0.368. The van der Waals surface area contributed by atoms with Crippen LogP contribution < -0.4 is 4.74 Å². The van der Waals surface area contributed by atoms with Crippen LogP contribution in [-0.4, -0.2) is 13.0 Å². The van der Waals surface area contributed by atoms with Gasteiger partial charge >= 0.3 is 0 Å². The Kier molecular flexibility index (Phi) is 6.82. The van der Waals surface area contributed by atoms with E-state index >= 15 is 0 Å². The summed E-state index contributed by atoms with van der Waals surface area (Å²) in [7, 11) is -4.32. The van der Waals surface area contributed by atoms with Gasteiger partial charge in [0, 0.05) is 0 Å². The molecule has 0 aliphatic carbocycles. The van der Waals surface area contributed by atoms with E-state index in [2.05, 4.69) is 6.92 Å². The lowest BCUT2D eigenvalue weighted by Gasteiger charge is -2.13. The first-order valence-corrected chi connectivity index (χ1v) is 9.78. The zero-order valence-electron chi connectivity index (χ0n) is 13.9. The third-order valence-electron chi connectivity index (χ3n) is 3.87. The highest BCUT2D eigenvalue weighted by atomic mass is 32.2. The van der Waals surface area contributed by atoms with E-state index in [1.54, 1.807) is 18.2 Å². The van der Waals surface area contributed by atoms with Crippen LogP contribution in [0.1, 0.15) is 44.6 Å². The first kappa shape index (κ1) is 18.5. The topological polar surface area (TPSA) is 63.6 Å². The first-order valence-electron chi connectivity index (χ1n) is 8.34. The van der Waals surface area contributed by atoms with Crippen molar-refractivity contribution in [1.82, 2.24) is 0 Å². The first-order chi connectivity index (χ1) is 11.5. The fourth-order valence-corrected chi connectivity index (χ4v) is 3.21. The molecule has 0 atom stereocenters. The molecule has 0 spiro atoms. The van der Waals surface area contributed by atoms with Crippen molar-refractivity contribution in [3.63, 3.8) is 0 Å². The summed E-state index contributed by atoms with van der Waals surface area (Å²) in [6.45, 7) is 2.19. The molecule has 2 rings (SSSR count). The Balaban J connectivity index is 2.14. The van der Waals surface area contributed by atoms with Gasteiger partial charge in [0.15, 0.2) is 0 Å². The molecule has 0 amide bonds. The molecule has 1 N–H and O–H groups in total. The monoisotopic (exact) mass is 348 g/mol.